The maximum Gasteiger partial charge on any atom is 0.335 e. The van der Waals surface area contributed by atoms with Gasteiger partial charge in [0.15, 0.2) is 0 Å². The van der Waals surface area contributed by atoms with Crippen LogP contribution in [-0.2, 0) is 10.0 Å². The highest BCUT2D eigenvalue weighted by Crippen LogP contribution is 2.28. The zero-order valence-corrected chi connectivity index (χ0v) is 17.9. The van der Waals surface area contributed by atoms with Crippen LogP contribution in [-0.4, -0.2) is 37.7 Å². The number of nitrogens with zero attached hydrogens (tertiary/aromatic N) is 2. The molecule has 0 aliphatic rings. The van der Waals surface area contributed by atoms with Crippen molar-refractivity contribution in [2.24, 2.45) is 5.10 Å². The van der Waals surface area contributed by atoms with E-state index in [9.17, 15) is 23.3 Å². The number of hydrogen-bond donors (Lipinski definition) is 3. The Balaban J connectivity index is 1.88. The van der Waals surface area contributed by atoms with Crippen molar-refractivity contribution < 1.29 is 28.0 Å². The van der Waals surface area contributed by atoms with Crippen molar-refractivity contribution in [3.05, 3.63) is 88.0 Å². The highest BCUT2D eigenvalue weighted by Gasteiger charge is 2.22. The van der Waals surface area contributed by atoms with Crippen LogP contribution in [0.15, 0.2) is 76.7 Å². The van der Waals surface area contributed by atoms with Gasteiger partial charge in [0.1, 0.15) is 10.6 Å². The number of methoxy groups -OCH3 is 1. The van der Waals surface area contributed by atoms with Gasteiger partial charge in [-0.3, -0.25) is 20.3 Å². The second kappa shape index (κ2) is 9.78. The average Bonchev–Trinajstić information content (AvgIpc) is 2.79. The molecule has 33 heavy (non-hydrogen) atoms. The number of hydrazone groups is 1. The lowest BCUT2D eigenvalue weighted by atomic mass is 10.1. The molecule has 3 aromatic carbocycles. The largest absolute Gasteiger partial charge is 0.497 e. The zero-order chi connectivity index (χ0) is 24.0. The normalized spacial score (nSPS) is 11.2. The van der Waals surface area contributed by atoms with Gasteiger partial charge in [-0.2, -0.15) is 5.10 Å². The van der Waals surface area contributed by atoms with E-state index >= 15 is 0 Å². The van der Waals surface area contributed by atoms with E-state index in [1.807, 2.05) is 0 Å². The number of carboxylic acid groups (broad SMARTS) is 1. The number of carboxylic acids is 1. The van der Waals surface area contributed by atoms with E-state index in [1.165, 1.54) is 55.8 Å². The standard InChI is InChI=1S/C21H18N4O7S/c1-32-18-9-6-16(7-10-18)24-33(30,31)20-12-17(25(28)29)8-11-19(20)23-22-13-14-2-4-15(5-3-14)21(26)27/h2-13,23-24H,1H3,(H,26,27). The van der Waals surface area contributed by atoms with Crippen molar-refractivity contribution in [1.29, 1.82) is 0 Å². The number of sulfonamides is 1. The van der Waals surface area contributed by atoms with Crippen LogP contribution in [0.1, 0.15) is 15.9 Å². The summed E-state index contributed by atoms with van der Waals surface area (Å²) in [6, 6.07) is 15.2. The topological polar surface area (TPSA) is 160 Å². The number of carbonyl (C=O) groups is 1. The number of anilines is 2. The Kier molecular flexibility index (Phi) is 6.88. The Hall–Kier alpha value is -4.45. The van der Waals surface area contributed by atoms with E-state index < -0.39 is 26.6 Å². The van der Waals surface area contributed by atoms with Crippen molar-refractivity contribution in [2.45, 2.75) is 4.90 Å². The van der Waals surface area contributed by atoms with Crippen LogP contribution in [0.5, 0.6) is 5.75 Å². The van der Waals surface area contributed by atoms with Crippen molar-refractivity contribution >= 4 is 39.3 Å². The predicted molar refractivity (Wildman–Crippen MR) is 122 cm³/mol. The molecule has 0 fully saturated rings. The molecule has 0 amide bonds. The molecule has 0 spiro atoms. The van der Waals surface area contributed by atoms with E-state index in [1.54, 1.807) is 12.1 Å². The van der Waals surface area contributed by atoms with Gasteiger partial charge in [0.05, 0.1) is 29.5 Å². The van der Waals surface area contributed by atoms with Gasteiger partial charge in [0, 0.05) is 17.8 Å². The fourth-order valence-electron chi connectivity index (χ4n) is 2.70. The van der Waals surface area contributed by atoms with Crippen molar-refractivity contribution in [3.63, 3.8) is 0 Å². The quantitative estimate of drug-likeness (QED) is 0.243. The monoisotopic (exact) mass is 470 g/mol. The molecule has 12 heteroatoms. The van der Waals surface area contributed by atoms with Crippen molar-refractivity contribution in [2.75, 3.05) is 17.3 Å². The smallest absolute Gasteiger partial charge is 0.335 e. The van der Waals surface area contributed by atoms with Gasteiger partial charge >= 0.3 is 5.97 Å². The Labute approximate surface area is 188 Å². The van der Waals surface area contributed by atoms with E-state index in [0.29, 0.717) is 11.3 Å². The van der Waals surface area contributed by atoms with Gasteiger partial charge < -0.3 is 9.84 Å². The second-order valence-corrected chi connectivity index (χ2v) is 8.22. The zero-order valence-electron chi connectivity index (χ0n) is 17.1. The minimum atomic E-state index is -4.23. The van der Waals surface area contributed by atoms with Crippen LogP contribution in [0.2, 0.25) is 0 Å². The Morgan fingerprint density at radius 2 is 1.76 bits per heavy atom. The summed E-state index contributed by atoms with van der Waals surface area (Å²) in [6.45, 7) is 0. The van der Waals surface area contributed by atoms with Crippen LogP contribution < -0.4 is 14.9 Å². The highest BCUT2D eigenvalue weighted by atomic mass is 32.2. The summed E-state index contributed by atoms with van der Waals surface area (Å²) in [5, 5.41) is 24.1. The lowest BCUT2D eigenvalue weighted by molar-refractivity contribution is -0.385. The maximum atomic E-state index is 13.0. The summed E-state index contributed by atoms with van der Waals surface area (Å²) in [5.41, 5.74) is 3.04. The SMILES string of the molecule is COc1ccc(NS(=O)(=O)c2cc([N+](=O)[O-])ccc2NN=Cc2ccc(C(=O)O)cc2)cc1. The van der Waals surface area contributed by atoms with Gasteiger partial charge in [-0.15, -0.1) is 0 Å². The Morgan fingerprint density at radius 1 is 1.09 bits per heavy atom. The van der Waals surface area contributed by atoms with Gasteiger partial charge in [-0.05, 0) is 48.0 Å². The number of non-ortho nitro benzene ring substituents is 1. The van der Waals surface area contributed by atoms with E-state index in [0.717, 1.165) is 12.1 Å². The number of hydrogen-bond acceptors (Lipinski definition) is 8. The molecule has 0 saturated heterocycles. The molecule has 3 rings (SSSR count). The Bertz CT molecular complexity index is 1310. The minimum Gasteiger partial charge on any atom is -0.497 e. The lowest BCUT2D eigenvalue weighted by Crippen LogP contribution is -2.15. The maximum absolute atomic E-state index is 13.0. The number of aromatic carboxylic acids is 1. The van der Waals surface area contributed by atoms with E-state index in [-0.39, 0.29) is 21.8 Å². The number of benzene rings is 3. The summed E-state index contributed by atoms with van der Waals surface area (Å²) in [4.78, 5) is 21.0. The molecular weight excluding hydrogens is 452 g/mol. The first-order chi connectivity index (χ1) is 15.7. The van der Waals surface area contributed by atoms with Gasteiger partial charge in [-0.1, -0.05) is 12.1 Å². The third-order valence-corrected chi connectivity index (χ3v) is 5.79. The molecular formula is C21H18N4O7S. The molecule has 0 atom stereocenters. The van der Waals surface area contributed by atoms with Crippen LogP contribution in [0.4, 0.5) is 17.1 Å². The first-order valence-corrected chi connectivity index (χ1v) is 10.8. The summed E-state index contributed by atoms with van der Waals surface area (Å²) in [5.74, 6) is -0.539. The summed E-state index contributed by atoms with van der Waals surface area (Å²) in [6.07, 6.45) is 1.35. The average molecular weight is 470 g/mol. The summed E-state index contributed by atoms with van der Waals surface area (Å²) in [7, 11) is -2.75. The second-order valence-electron chi connectivity index (χ2n) is 6.57. The highest BCUT2D eigenvalue weighted by molar-refractivity contribution is 7.92. The van der Waals surface area contributed by atoms with Crippen LogP contribution in [0.3, 0.4) is 0 Å². The molecule has 0 heterocycles. The molecule has 3 N–H and O–H groups in total. The van der Waals surface area contributed by atoms with E-state index in [4.69, 9.17) is 9.84 Å². The fourth-order valence-corrected chi connectivity index (χ4v) is 3.93. The summed E-state index contributed by atoms with van der Waals surface area (Å²) < 4.78 is 33.3. The number of nitrogens with one attached hydrogen (secondary N) is 2. The number of ether oxygens (including phenoxy) is 1. The molecule has 0 aromatic heterocycles. The Morgan fingerprint density at radius 3 is 2.33 bits per heavy atom. The van der Waals surface area contributed by atoms with Crippen LogP contribution in [0, 0.1) is 10.1 Å². The third kappa shape index (κ3) is 5.83. The molecule has 0 bridgehead atoms. The lowest BCUT2D eigenvalue weighted by Gasteiger charge is -2.12. The summed E-state index contributed by atoms with van der Waals surface area (Å²) >= 11 is 0. The van der Waals surface area contributed by atoms with Crippen LogP contribution >= 0.6 is 0 Å². The number of rotatable bonds is 9. The first kappa shape index (κ1) is 23.2. The predicted octanol–water partition coefficient (Wildman–Crippen LogP) is 3.55. The first-order valence-electron chi connectivity index (χ1n) is 9.27. The van der Waals surface area contributed by atoms with Crippen LogP contribution in [0.25, 0.3) is 0 Å². The van der Waals surface area contributed by atoms with Crippen molar-refractivity contribution in [3.8, 4) is 5.75 Å². The number of nitro groups is 1. The van der Waals surface area contributed by atoms with E-state index in [2.05, 4.69) is 15.2 Å². The molecule has 0 radical (unpaired) electrons. The molecule has 11 nitrogen and oxygen atoms in total. The molecule has 0 aliphatic heterocycles. The van der Waals surface area contributed by atoms with Gasteiger partial charge in [-0.25, -0.2) is 13.2 Å². The molecule has 0 aliphatic carbocycles. The van der Waals surface area contributed by atoms with Gasteiger partial charge in [0.2, 0.25) is 0 Å². The third-order valence-electron chi connectivity index (χ3n) is 4.36. The molecule has 0 saturated carbocycles. The van der Waals surface area contributed by atoms with Crippen molar-refractivity contribution in [1.82, 2.24) is 0 Å². The molecule has 3 aromatic rings. The fraction of sp³-hybridized carbons (Fsp3) is 0.0476. The molecule has 0 unspecified atom stereocenters. The molecule has 170 valence electrons. The number of nitro benzene ring substituents is 1. The minimum absolute atomic E-state index is 0.0000165. The van der Waals surface area contributed by atoms with Gasteiger partial charge in [0.25, 0.3) is 15.7 Å².